The van der Waals surface area contributed by atoms with Gasteiger partial charge in [0.2, 0.25) is 5.79 Å². The summed E-state index contributed by atoms with van der Waals surface area (Å²) in [7, 11) is 0. The molecule has 1 saturated heterocycles. The highest BCUT2D eigenvalue weighted by atomic mass is 79.9. The quantitative estimate of drug-likeness (QED) is 0.282. The van der Waals surface area contributed by atoms with Gasteiger partial charge in [-0.2, -0.15) is 0 Å². The van der Waals surface area contributed by atoms with Crippen molar-refractivity contribution in [3.05, 3.63) is 33.8 Å². The third kappa shape index (κ3) is 5.83. The lowest BCUT2D eigenvalue weighted by Gasteiger charge is -2.27. The first kappa shape index (κ1) is 21.0. The van der Waals surface area contributed by atoms with Crippen molar-refractivity contribution in [2.45, 2.75) is 50.9 Å². The third-order valence-electron chi connectivity index (χ3n) is 4.04. The molecule has 1 heterocycles. The van der Waals surface area contributed by atoms with E-state index in [0.29, 0.717) is 34.0 Å². The number of unbranched alkanes of at least 4 members (excludes halogenated alkanes) is 3. The van der Waals surface area contributed by atoms with Gasteiger partial charge in [0.1, 0.15) is 12.7 Å². The molecule has 1 fully saturated rings. The Morgan fingerprint density at radius 2 is 2.16 bits per heavy atom. The van der Waals surface area contributed by atoms with Gasteiger partial charge in [-0.25, -0.2) is 0 Å². The molecule has 0 aromatic heterocycles. The molecule has 2 rings (SSSR count). The Morgan fingerprint density at radius 3 is 2.84 bits per heavy atom. The molecule has 140 valence electrons. The number of carbonyl (C=O) groups excluding carboxylic acids is 1. The molecule has 0 N–H and O–H groups in total. The van der Waals surface area contributed by atoms with Gasteiger partial charge in [0.25, 0.3) is 0 Å². The Balaban J connectivity index is 1.87. The summed E-state index contributed by atoms with van der Waals surface area (Å²) in [5.74, 6) is -1.19. The van der Waals surface area contributed by atoms with Crippen molar-refractivity contribution in [2.24, 2.45) is 0 Å². The second kappa shape index (κ2) is 10.1. The minimum absolute atomic E-state index is 0.173. The number of benzene rings is 1. The average Bonchev–Trinajstić information content (AvgIpc) is 3.01. The highest BCUT2D eigenvalue weighted by Crippen LogP contribution is 2.40. The SMILES string of the molecule is CCCCCCC(=O)OC[C@@H]1CO[C@@](CBr)(c2ccc(Cl)cc2Cl)O1. The summed E-state index contributed by atoms with van der Waals surface area (Å²) in [6, 6.07) is 5.18. The molecule has 1 aliphatic heterocycles. The van der Waals surface area contributed by atoms with Gasteiger partial charge in [-0.05, 0) is 18.6 Å². The monoisotopic (exact) mass is 452 g/mol. The van der Waals surface area contributed by atoms with Gasteiger partial charge in [-0.15, -0.1) is 0 Å². The highest BCUT2D eigenvalue weighted by molar-refractivity contribution is 9.09. The summed E-state index contributed by atoms with van der Waals surface area (Å²) in [4.78, 5) is 11.8. The molecule has 1 aromatic carbocycles. The summed E-state index contributed by atoms with van der Waals surface area (Å²) in [6.45, 7) is 2.64. The second-order valence-electron chi connectivity index (χ2n) is 6.06. The molecule has 0 saturated carbocycles. The molecule has 0 amide bonds. The molecule has 0 bridgehead atoms. The summed E-state index contributed by atoms with van der Waals surface area (Å²) in [5, 5.41) is 1.42. The molecule has 1 aliphatic rings. The lowest BCUT2D eigenvalue weighted by atomic mass is 10.1. The number of esters is 1. The first-order valence-electron chi connectivity index (χ1n) is 8.49. The largest absolute Gasteiger partial charge is 0.463 e. The van der Waals surface area contributed by atoms with E-state index in [2.05, 4.69) is 22.9 Å². The van der Waals surface area contributed by atoms with Crippen molar-refractivity contribution < 1.29 is 19.0 Å². The van der Waals surface area contributed by atoms with E-state index in [1.807, 2.05) is 0 Å². The Morgan fingerprint density at radius 1 is 1.36 bits per heavy atom. The maximum Gasteiger partial charge on any atom is 0.305 e. The van der Waals surface area contributed by atoms with Crippen LogP contribution in [0.15, 0.2) is 18.2 Å². The average molecular weight is 454 g/mol. The molecule has 25 heavy (non-hydrogen) atoms. The van der Waals surface area contributed by atoms with Crippen LogP contribution in [-0.4, -0.2) is 30.6 Å². The van der Waals surface area contributed by atoms with E-state index >= 15 is 0 Å². The molecule has 0 aliphatic carbocycles. The van der Waals surface area contributed by atoms with Gasteiger partial charge < -0.3 is 14.2 Å². The smallest absolute Gasteiger partial charge is 0.305 e. The minimum atomic E-state index is -1.00. The number of alkyl halides is 1. The van der Waals surface area contributed by atoms with Gasteiger partial charge in [0, 0.05) is 17.0 Å². The van der Waals surface area contributed by atoms with Gasteiger partial charge in [-0.1, -0.05) is 71.4 Å². The van der Waals surface area contributed by atoms with Crippen molar-refractivity contribution >= 4 is 45.1 Å². The molecule has 7 heteroatoms. The Kier molecular flexibility index (Phi) is 8.49. The topological polar surface area (TPSA) is 44.8 Å². The van der Waals surface area contributed by atoms with Crippen LogP contribution in [0.4, 0.5) is 0 Å². The van der Waals surface area contributed by atoms with E-state index in [-0.39, 0.29) is 18.7 Å². The van der Waals surface area contributed by atoms with Crippen LogP contribution in [0.25, 0.3) is 0 Å². The molecule has 4 nitrogen and oxygen atoms in total. The zero-order valence-corrected chi connectivity index (χ0v) is 17.3. The van der Waals surface area contributed by atoms with Crippen LogP contribution in [0.5, 0.6) is 0 Å². The third-order valence-corrected chi connectivity index (χ3v) is 5.33. The zero-order chi connectivity index (χ0) is 18.3. The van der Waals surface area contributed by atoms with Crippen LogP contribution >= 0.6 is 39.1 Å². The minimum Gasteiger partial charge on any atom is -0.463 e. The Hall–Kier alpha value is -0.330. The molecule has 0 radical (unpaired) electrons. The summed E-state index contributed by atoms with van der Waals surface area (Å²) in [6.07, 6.45) is 4.31. The number of hydrogen-bond donors (Lipinski definition) is 0. The van der Waals surface area contributed by atoms with Gasteiger partial charge in [0.05, 0.1) is 17.0 Å². The number of hydrogen-bond acceptors (Lipinski definition) is 4. The molecular formula is C18H23BrCl2O4. The number of ether oxygens (including phenoxy) is 3. The van der Waals surface area contributed by atoms with Crippen LogP contribution in [0, 0.1) is 0 Å². The lowest BCUT2D eigenvalue weighted by molar-refractivity contribution is -0.168. The Bertz CT molecular complexity index is 584. The molecule has 0 spiro atoms. The second-order valence-corrected chi connectivity index (χ2v) is 7.46. The van der Waals surface area contributed by atoms with Crippen molar-refractivity contribution in [2.75, 3.05) is 18.5 Å². The first-order chi connectivity index (χ1) is 12.0. The van der Waals surface area contributed by atoms with Crippen LogP contribution < -0.4 is 0 Å². The van der Waals surface area contributed by atoms with Gasteiger partial charge >= 0.3 is 5.97 Å². The maximum atomic E-state index is 11.8. The van der Waals surface area contributed by atoms with Crippen molar-refractivity contribution in [3.63, 3.8) is 0 Å². The fraction of sp³-hybridized carbons (Fsp3) is 0.611. The van der Waals surface area contributed by atoms with Gasteiger partial charge in [-0.3, -0.25) is 4.79 Å². The van der Waals surface area contributed by atoms with E-state index in [9.17, 15) is 4.79 Å². The zero-order valence-electron chi connectivity index (χ0n) is 14.2. The molecular weight excluding hydrogens is 431 g/mol. The predicted molar refractivity (Wildman–Crippen MR) is 102 cm³/mol. The van der Waals surface area contributed by atoms with Crippen molar-refractivity contribution in [1.82, 2.24) is 0 Å². The molecule has 0 unspecified atom stereocenters. The fourth-order valence-electron chi connectivity index (χ4n) is 2.68. The van der Waals surface area contributed by atoms with Crippen LogP contribution in [0.1, 0.15) is 44.6 Å². The van der Waals surface area contributed by atoms with E-state index in [1.165, 1.54) is 0 Å². The predicted octanol–water partition coefficient (Wildman–Crippen LogP) is 5.47. The summed E-state index contributed by atoms with van der Waals surface area (Å²) >= 11 is 15.7. The lowest BCUT2D eigenvalue weighted by Crippen LogP contribution is -2.31. The summed E-state index contributed by atoms with van der Waals surface area (Å²) < 4.78 is 17.2. The molecule has 1 aromatic rings. The van der Waals surface area contributed by atoms with Crippen molar-refractivity contribution in [3.8, 4) is 0 Å². The van der Waals surface area contributed by atoms with Gasteiger partial charge in [0.15, 0.2) is 0 Å². The first-order valence-corrected chi connectivity index (χ1v) is 10.4. The maximum absolute atomic E-state index is 11.8. The number of carbonyl (C=O) groups is 1. The van der Waals surface area contributed by atoms with Crippen LogP contribution in [0.2, 0.25) is 10.0 Å². The van der Waals surface area contributed by atoms with E-state index in [4.69, 9.17) is 37.4 Å². The van der Waals surface area contributed by atoms with E-state index in [0.717, 1.165) is 25.7 Å². The number of halogens is 3. The number of rotatable bonds is 9. The Labute approximate surface area is 167 Å². The summed E-state index contributed by atoms with van der Waals surface area (Å²) in [5.41, 5.74) is 0.698. The highest BCUT2D eigenvalue weighted by Gasteiger charge is 2.44. The van der Waals surface area contributed by atoms with E-state index in [1.54, 1.807) is 18.2 Å². The van der Waals surface area contributed by atoms with Crippen molar-refractivity contribution in [1.29, 1.82) is 0 Å². The van der Waals surface area contributed by atoms with E-state index < -0.39 is 5.79 Å². The van der Waals surface area contributed by atoms with Crippen LogP contribution in [0.3, 0.4) is 0 Å². The fourth-order valence-corrected chi connectivity index (χ4v) is 3.83. The van der Waals surface area contributed by atoms with Crippen LogP contribution in [-0.2, 0) is 24.8 Å². The molecule has 2 atom stereocenters. The standard InChI is InChI=1S/C18H23BrCl2O4/c1-2-3-4-5-6-17(22)23-10-14-11-24-18(12-19,25-14)15-8-7-13(20)9-16(15)21/h7-9,14H,2-6,10-12H2,1H3/t14-,18-/m1/s1. The normalized spacial score (nSPS) is 23.0.